The quantitative estimate of drug-likeness (QED) is 0.759. The lowest BCUT2D eigenvalue weighted by Crippen LogP contribution is -2.46. The highest BCUT2D eigenvalue weighted by molar-refractivity contribution is 5.70. The Balaban J connectivity index is 1.72. The number of nitrogen functional groups attached to an aromatic ring is 1. The molecule has 2 aliphatic heterocycles. The fourth-order valence-electron chi connectivity index (χ4n) is 3.51. The van der Waals surface area contributed by atoms with Crippen LogP contribution in [0, 0.1) is 0 Å². The highest BCUT2D eigenvalue weighted by Gasteiger charge is 2.63. The molecule has 136 valence electrons. The predicted octanol–water partition coefficient (Wildman–Crippen LogP) is -0.192. The Bertz CT molecular complexity index is 848. The lowest BCUT2D eigenvalue weighted by atomic mass is 10.00. The van der Waals surface area contributed by atoms with Crippen molar-refractivity contribution in [3.63, 3.8) is 0 Å². The number of nitrogens with one attached hydrogen (secondary N) is 1. The molecule has 4 heterocycles. The summed E-state index contributed by atoms with van der Waals surface area (Å²) in [4.78, 5) is 22.7. The molecule has 2 saturated heterocycles. The second kappa shape index (κ2) is 5.77. The molecule has 0 aliphatic carbocycles. The summed E-state index contributed by atoms with van der Waals surface area (Å²) < 4.78 is 25.3. The summed E-state index contributed by atoms with van der Waals surface area (Å²) in [6, 6.07) is 0. The number of imidazole rings is 1. The van der Waals surface area contributed by atoms with Gasteiger partial charge in [0.25, 0.3) is 5.56 Å². The van der Waals surface area contributed by atoms with Gasteiger partial charge in [-0.05, 0) is 13.8 Å². The van der Waals surface area contributed by atoms with Crippen LogP contribution in [0.15, 0.2) is 11.1 Å². The minimum Gasteiger partial charge on any atom is -0.376 e. The fraction of sp³-hybridized carbons (Fsp3) is 0.667. The Hall–Kier alpha value is -2.01. The van der Waals surface area contributed by atoms with Crippen LogP contribution in [0.4, 0.5) is 5.95 Å². The van der Waals surface area contributed by atoms with Gasteiger partial charge in [0.05, 0.1) is 25.6 Å². The molecule has 4 rings (SSSR count). The van der Waals surface area contributed by atoms with E-state index >= 15 is 0 Å². The maximum atomic E-state index is 12.0. The first-order chi connectivity index (χ1) is 11.9. The first-order valence-corrected chi connectivity index (χ1v) is 8.11. The Kier molecular flexibility index (Phi) is 3.80. The van der Waals surface area contributed by atoms with E-state index in [-0.39, 0.29) is 29.8 Å². The average molecular weight is 351 g/mol. The molecule has 25 heavy (non-hydrogen) atoms. The van der Waals surface area contributed by atoms with Crippen molar-refractivity contribution < 1.29 is 18.9 Å². The molecule has 2 aliphatic rings. The van der Waals surface area contributed by atoms with Crippen LogP contribution >= 0.6 is 0 Å². The number of aromatic nitrogens is 4. The molecular weight excluding hydrogens is 330 g/mol. The van der Waals surface area contributed by atoms with E-state index in [2.05, 4.69) is 15.0 Å². The van der Waals surface area contributed by atoms with E-state index in [0.29, 0.717) is 18.9 Å². The number of anilines is 1. The number of methoxy groups -OCH3 is 1. The van der Waals surface area contributed by atoms with Crippen molar-refractivity contribution in [2.75, 3.05) is 26.1 Å². The van der Waals surface area contributed by atoms with Gasteiger partial charge in [-0.3, -0.25) is 14.3 Å². The number of nitrogens with zero attached hydrogens (tertiary/aromatic N) is 3. The Morgan fingerprint density at radius 1 is 1.56 bits per heavy atom. The van der Waals surface area contributed by atoms with Crippen molar-refractivity contribution in [1.82, 2.24) is 19.5 Å². The summed E-state index contributed by atoms with van der Waals surface area (Å²) in [7, 11) is 1.62. The van der Waals surface area contributed by atoms with E-state index in [9.17, 15) is 4.79 Å². The van der Waals surface area contributed by atoms with Gasteiger partial charge in [0.2, 0.25) is 5.95 Å². The topological polar surface area (TPSA) is 127 Å². The summed E-state index contributed by atoms with van der Waals surface area (Å²) in [6.07, 6.45) is 0.370. The summed E-state index contributed by atoms with van der Waals surface area (Å²) in [5.41, 5.74) is 5.10. The van der Waals surface area contributed by atoms with E-state index in [1.54, 1.807) is 11.7 Å². The molecule has 0 aromatic carbocycles. The van der Waals surface area contributed by atoms with E-state index in [1.165, 1.54) is 6.33 Å². The third-order valence-electron chi connectivity index (χ3n) is 4.61. The number of hydrogen-bond acceptors (Lipinski definition) is 8. The molecular formula is C15H21N5O5. The number of nitrogens with two attached hydrogens (primary N) is 1. The van der Waals surface area contributed by atoms with Gasteiger partial charge < -0.3 is 24.7 Å². The fourth-order valence-corrected chi connectivity index (χ4v) is 3.51. The number of rotatable bonds is 5. The van der Waals surface area contributed by atoms with Gasteiger partial charge in [-0.2, -0.15) is 4.98 Å². The Morgan fingerprint density at radius 3 is 3.08 bits per heavy atom. The third-order valence-corrected chi connectivity index (χ3v) is 4.61. The molecule has 2 aromatic rings. The van der Waals surface area contributed by atoms with Crippen LogP contribution in [0.3, 0.4) is 0 Å². The van der Waals surface area contributed by atoms with Gasteiger partial charge in [-0.25, -0.2) is 4.98 Å². The molecule has 3 N–H and O–H groups in total. The van der Waals surface area contributed by atoms with Crippen LogP contribution in [0.25, 0.3) is 11.2 Å². The predicted molar refractivity (Wildman–Crippen MR) is 87.0 cm³/mol. The zero-order valence-corrected chi connectivity index (χ0v) is 14.3. The first-order valence-electron chi connectivity index (χ1n) is 8.11. The third kappa shape index (κ3) is 2.44. The van der Waals surface area contributed by atoms with Crippen LogP contribution in [-0.4, -0.2) is 63.8 Å². The Morgan fingerprint density at radius 2 is 2.36 bits per heavy atom. The normalized spacial score (nSPS) is 31.4. The van der Waals surface area contributed by atoms with Crippen molar-refractivity contribution in [3.05, 3.63) is 16.7 Å². The first kappa shape index (κ1) is 16.5. The van der Waals surface area contributed by atoms with Gasteiger partial charge in [-0.15, -0.1) is 0 Å². The highest BCUT2D eigenvalue weighted by Crippen LogP contribution is 2.47. The summed E-state index contributed by atoms with van der Waals surface area (Å²) >= 11 is 0. The molecule has 0 saturated carbocycles. The molecule has 2 bridgehead atoms. The molecule has 0 amide bonds. The number of hydrogen-bond donors (Lipinski definition) is 2. The number of ether oxygens (including phenoxy) is 4. The van der Waals surface area contributed by atoms with Gasteiger partial charge in [-0.1, -0.05) is 0 Å². The number of H-pyrrole nitrogens is 1. The minimum absolute atomic E-state index is 0.0180. The van der Waals surface area contributed by atoms with Crippen molar-refractivity contribution in [2.24, 2.45) is 0 Å². The molecule has 0 radical (unpaired) electrons. The number of fused-ring (bicyclic) bond motifs is 3. The smallest absolute Gasteiger partial charge is 0.280 e. The second-order valence-corrected chi connectivity index (χ2v) is 6.64. The van der Waals surface area contributed by atoms with Gasteiger partial charge in [0.15, 0.2) is 17.4 Å². The van der Waals surface area contributed by atoms with Gasteiger partial charge in [0.1, 0.15) is 17.8 Å². The maximum absolute atomic E-state index is 12.0. The Labute approximate surface area is 143 Å². The van der Waals surface area contributed by atoms with Crippen LogP contribution in [-0.2, 0) is 18.9 Å². The van der Waals surface area contributed by atoms with E-state index in [0.717, 1.165) is 0 Å². The summed E-state index contributed by atoms with van der Waals surface area (Å²) in [6.45, 7) is 4.64. The van der Waals surface area contributed by atoms with Crippen LogP contribution in [0.5, 0.6) is 0 Å². The lowest BCUT2D eigenvalue weighted by Gasteiger charge is -2.31. The van der Waals surface area contributed by atoms with Crippen molar-refractivity contribution in [3.8, 4) is 0 Å². The largest absolute Gasteiger partial charge is 0.376 e. The van der Waals surface area contributed by atoms with Gasteiger partial charge in [0, 0.05) is 7.11 Å². The van der Waals surface area contributed by atoms with Crippen molar-refractivity contribution >= 4 is 17.1 Å². The molecule has 4 atom stereocenters. The number of aromatic amines is 1. The zero-order valence-electron chi connectivity index (χ0n) is 14.3. The highest BCUT2D eigenvalue weighted by atomic mass is 16.7. The second-order valence-electron chi connectivity index (χ2n) is 6.64. The standard InChI is InChI=1S/C15H21N5O5/c1-7(2)23-4-15-5-24-9(10(15)22-3)13(25-15)20-6-17-8-11(20)18-14(16)19-12(8)21/h6-7,9-10,13H,4-5H2,1-3H3,(H3,16,18,19,21). The van der Waals surface area contributed by atoms with Crippen LogP contribution in [0.1, 0.15) is 20.1 Å². The SMILES string of the molecule is COC1C2OCC1(COC(C)C)OC2n1cnc2c(=O)[nH]c(N)nc21. The zero-order chi connectivity index (χ0) is 17.8. The van der Waals surface area contributed by atoms with E-state index in [1.807, 2.05) is 13.8 Å². The summed E-state index contributed by atoms with van der Waals surface area (Å²) in [5.74, 6) is 0.0180. The molecule has 2 fully saturated rings. The lowest BCUT2D eigenvalue weighted by molar-refractivity contribution is -0.196. The van der Waals surface area contributed by atoms with E-state index in [4.69, 9.17) is 24.7 Å². The molecule has 10 nitrogen and oxygen atoms in total. The minimum atomic E-state index is -0.711. The molecule has 0 spiro atoms. The summed E-state index contributed by atoms with van der Waals surface area (Å²) in [5, 5.41) is 0. The molecule has 10 heteroatoms. The van der Waals surface area contributed by atoms with Crippen LogP contribution in [0.2, 0.25) is 0 Å². The molecule has 2 aromatic heterocycles. The monoisotopic (exact) mass is 351 g/mol. The average Bonchev–Trinajstić information content (AvgIpc) is 3.21. The van der Waals surface area contributed by atoms with Crippen LogP contribution < -0.4 is 11.3 Å². The maximum Gasteiger partial charge on any atom is 0.280 e. The van der Waals surface area contributed by atoms with Crippen molar-refractivity contribution in [1.29, 1.82) is 0 Å². The van der Waals surface area contributed by atoms with E-state index < -0.39 is 17.4 Å². The van der Waals surface area contributed by atoms with Gasteiger partial charge >= 0.3 is 0 Å². The molecule has 4 unspecified atom stereocenters. The van der Waals surface area contributed by atoms with Crippen molar-refractivity contribution in [2.45, 2.75) is 44.0 Å².